The Bertz CT molecular complexity index is 1290. The topological polar surface area (TPSA) is 88.6 Å². The zero-order chi connectivity index (χ0) is 23.5. The van der Waals surface area contributed by atoms with Gasteiger partial charge in [0, 0.05) is 18.8 Å². The molecule has 0 amide bonds. The van der Waals surface area contributed by atoms with Crippen molar-refractivity contribution in [3.05, 3.63) is 77.1 Å². The zero-order valence-electron chi connectivity index (χ0n) is 19.2. The Hall–Kier alpha value is -4.00. The summed E-state index contributed by atoms with van der Waals surface area (Å²) in [6.07, 6.45) is 0. The molecule has 0 spiro atoms. The number of rotatable bonds is 7. The minimum absolute atomic E-state index is 0.288. The molecule has 0 atom stereocenters. The molecule has 0 fully saturated rings. The van der Waals surface area contributed by atoms with Crippen LogP contribution >= 0.6 is 0 Å². The van der Waals surface area contributed by atoms with E-state index in [0.29, 0.717) is 17.9 Å². The number of ether oxygens (including phenoxy) is 3. The molecule has 33 heavy (non-hydrogen) atoms. The highest BCUT2D eigenvalue weighted by Crippen LogP contribution is 2.30. The van der Waals surface area contributed by atoms with Crippen molar-refractivity contribution in [2.75, 3.05) is 12.3 Å². The maximum Gasteiger partial charge on any atom is 0.338 e. The first-order valence-electron chi connectivity index (χ1n) is 10.8. The molecule has 3 aromatic carbocycles. The van der Waals surface area contributed by atoms with Crippen LogP contribution in [0.1, 0.15) is 34.2 Å². The predicted octanol–water partition coefficient (Wildman–Crippen LogP) is 5.32. The number of hydrogen-bond donors (Lipinski definition) is 1. The number of nitrogens with two attached hydrogens (primary N) is 1. The summed E-state index contributed by atoms with van der Waals surface area (Å²) < 4.78 is 18.9. The van der Waals surface area contributed by atoms with Crippen LogP contribution in [0.5, 0.6) is 17.2 Å². The molecule has 1 heterocycles. The molecule has 0 aliphatic carbocycles. The van der Waals surface area contributed by atoms with Crippen molar-refractivity contribution in [2.24, 2.45) is 7.05 Å². The molecule has 1 aromatic heterocycles. The highest BCUT2D eigenvalue weighted by Gasteiger charge is 2.12. The van der Waals surface area contributed by atoms with Crippen molar-refractivity contribution in [1.29, 1.82) is 0 Å². The van der Waals surface area contributed by atoms with Gasteiger partial charge in [0.1, 0.15) is 29.7 Å². The van der Waals surface area contributed by atoms with Crippen molar-refractivity contribution in [1.82, 2.24) is 9.55 Å². The Morgan fingerprint density at radius 3 is 2.30 bits per heavy atom. The molecule has 170 valence electrons. The van der Waals surface area contributed by atoms with Gasteiger partial charge in [-0.2, -0.15) is 0 Å². The number of anilines is 1. The Kier molecular flexibility index (Phi) is 6.22. The maximum atomic E-state index is 11.8. The lowest BCUT2D eigenvalue weighted by molar-refractivity contribution is 0.0526. The molecule has 0 saturated carbocycles. The molecule has 0 bridgehead atoms. The van der Waals surface area contributed by atoms with Gasteiger partial charge in [-0.05, 0) is 80.4 Å². The molecular formula is C26H27N3O4. The van der Waals surface area contributed by atoms with Gasteiger partial charge in [-0.15, -0.1) is 0 Å². The highest BCUT2D eigenvalue weighted by atomic mass is 16.5. The van der Waals surface area contributed by atoms with Gasteiger partial charge in [-0.3, -0.25) is 0 Å². The summed E-state index contributed by atoms with van der Waals surface area (Å²) in [5, 5.41) is 0. The van der Waals surface area contributed by atoms with E-state index in [-0.39, 0.29) is 12.6 Å². The summed E-state index contributed by atoms with van der Waals surface area (Å²) in [6.45, 7) is 6.35. The predicted molar refractivity (Wildman–Crippen MR) is 128 cm³/mol. The lowest BCUT2D eigenvalue weighted by Gasteiger charge is -2.11. The molecule has 0 unspecified atom stereocenters. The fraction of sp³-hybridized carbons (Fsp3) is 0.231. The van der Waals surface area contributed by atoms with Gasteiger partial charge < -0.3 is 24.5 Å². The van der Waals surface area contributed by atoms with Crippen LogP contribution in [0.4, 0.5) is 5.69 Å². The molecular weight excluding hydrogens is 418 g/mol. The summed E-state index contributed by atoms with van der Waals surface area (Å²) in [4.78, 5) is 16.5. The standard InChI is InChI=1S/C26H27N3O4/c1-5-31-26(30)18-6-8-19(9-7-18)32-15-24-28-22-11-10-20(14-23(22)29(24)4)33-21-12-16(2)25(27)17(3)13-21/h6-14H,5,15,27H2,1-4H3. The molecule has 0 saturated heterocycles. The Morgan fingerprint density at radius 2 is 1.64 bits per heavy atom. The normalized spacial score (nSPS) is 10.9. The summed E-state index contributed by atoms with van der Waals surface area (Å²) in [6, 6.07) is 16.5. The van der Waals surface area contributed by atoms with Crippen molar-refractivity contribution < 1.29 is 19.0 Å². The van der Waals surface area contributed by atoms with Crippen LogP contribution in [0.15, 0.2) is 54.6 Å². The van der Waals surface area contributed by atoms with E-state index >= 15 is 0 Å². The number of aryl methyl sites for hydroxylation is 3. The lowest BCUT2D eigenvalue weighted by atomic mass is 10.1. The van der Waals surface area contributed by atoms with Crippen LogP contribution in [0, 0.1) is 13.8 Å². The Labute approximate surface area is 192 Å². The number of carbonyl (C=O) groups is 1. The lowest BCUT2D eigenvalue weighted by Crippen LogP contribution is -2.05. The fourth-order valence-corrected chi connectivity index (χ4v) is 3.59. The van der Waals surface area contributed by atoms with Crippen LogP contribution in [0.25, 0.3) is 11.0 Å². The summed E-state index contributed by atoms with van der Waals surface area (Å²) in [5.74, 6) is 2.54. The van der Waals surface area contributed by atoms with Crippen LogP contribution < -0.4 is 15.2 Å². The van der Waals surface area contributed by atoms with Gasteiger partial charge >= 0.3 is 5.97 Å². The monoisotopic (exact) mass is 445 g/mol. The van der Waals surface area contributed by atoms with Gasteiger partial charge in [0.05, 0.1) is 23.2 Å². The average Bonchev–Trinajstić information content (AvgIpc) is 3.11. The van der Waals surface area contributed by atoms with Crippen molar-refractivity contribution in [2.45, 2.75) is 27.4 Å². The van der Waals surface area contributed by atoms with Crippen LogP contribution in [-0.2, 0) is 18.4 Å². The fourth-order valence-electron chi connectivity index (χ4n) is 3.59. The number of esters is 1. The first-order chi connectivity index (χ1) is 15.9. The molecule has 7 nitrogen and oxygen atoms in total. The smallest absolute Gasteiger partial charge is 0.338 e. The van der Waals surface area contributed by atoms with Gasteiger partial charge in [0.2, 0.25) is 0 Å². The van der Waals surface area contributed by atoms with Crippen molar-refractivity contribution in [3.63, 3.8) is 0 Å². The minimum atomic E-state index is -0.346. The van der Waals surface area contributed by atoms with E-state index < -0.39 is 0 Å². The highest BCUT2D eigenvalue weighted by molar-refractivity contribution is 5.89. The van der Waals surface area contributed by atoms with E-state index in [1.54, 1.807) is 31.2 Å². The average molecular weight is 446 g/mol. The SMILES string of the molecule is CCOC(=O)c1ccc(OCc2nc3ccc(Oc4cc(C)c(N)c(C)c4)cc3n2C)cc1. The summed E-state index contributed by atoms with van der Waals surface area (Å²) in [7, 11) is 1.94. The van der Waals surface area contributed by atoms with Crippen molar-refractivity contribution >= 4 is 22.7 Å². The van der Waals surface area contributed by atoms with Gasteiger partial charge in [-0.25, -0.2) is 9.78 Å². The largest absolute Gasteiger partial charge is 0.486 e. The van der Waals surface area contributed by atoms with Crippen LogP contribution in [-0.4, -0.2) is 22.1 Å². The quantitative estimate of drug-likeness (QED) is 0.306. The first kappa shape index (κ1) is 22.2. The zero-order valence-corrected chi connectivity index (χ0v) is 19.2. The minimum Gasteiger partial charge on any atom is -0.486 e. The van der Waals surface area contributed by atoms with Crippen molar-refractivity contribution in [3.8, 4) is 17.2 Å². The van der Waals surface area contributed by atoms with E-state index in [2.05, 4.69) is 4.98 Å². The van der Waals surface area contributed by atoms with Gasteiger partial charge in [0.15, 0.2) is 0 Å². The van der Waals surface area contributed by atoms with E-state index in [9.17, 15) is 4.79 Å². The number of benzene rings is 3. The maximum absolute atomic E-state index is 11.8. The second-order valence-corrected chi connectivity index (χ2v) is 7.84. The van der Waals surface area contributed by atoms with E-state index in [1.165, 1.54) is 0 Å². The number of carbonyl (C=O) groups excluding carboxylic acids is 1. The molecule has 7 heteroatoms. The second kappa shape index (κ2) is 9.24. The van der Waals surface area contributed by atoms with Gasteiger partial charge in [0.25, 0.3) is 0 Å². The molecule has 0 aliphatic heterocycles. The number of fused-ring (bicyclic) bond motifs is 1. The van der Waals surface area contributed by atoms with E-state index in [0.717, 1.165) is 45.2 Å². The first-order valence-corrected chi connectivity index (χ1v) is 10.8. The molecule has 4 rings (SSSR count). The third kappa shape index (κ3) is 4.77. The van der Waals surface area contributed by atoms with Crippen LogP contribution in [0.2, 0.25) is 0 Å². The number of nitrogen functional groups attached to an aromatic ring is 1. The third-order valence-electron chi connectivity index (χ3n) is 5.48. The Balaban J connectivity index is 1.48. The number of aromatic nitrogens is 2. The van der Waals surface area contributed by atoms with E-state index in [1.807, 2.05) is 55.8 Å². The summed E-state index contributed by atoms with van der Waals surface area (Å²) >= 11 is 0. The third-order valence-corrected chi connectivity index (χ3v) is 5.48. The molecule has 2 N–H and O–H groups in total. The summed E-state index contributed by atoms with van der Waals surface area (Å²) in [5.41, 5.74) is 11.1. The van der Waals surface area contributed by atoms with Crippen LogP contribution in [0.3, 0.4) is 0 Å². The number of nitrogens with zero attached hydrogens (tertiary/aromatic N) is 2. The number of hydrogen-bond acceptors (Lipinski definition) is 6. The molecule has 0 radical (unpaired) electrons. The second-order valence-electron chi connectivity index (χ2n) is 7.84. The van der Waals surface area contributed by atoms with Gasteiger partial charge in [-0.1, -0.05) is 0 Å². The molecule has 4 aromatic rings. The number of imidazole rings is 1. The van der Waals surface area contributed by atoms with E-state index in [4.69, 9.17) is 19.9 Å². The Morgan fingerprint density at radius 1 is 0.970 bits per heavy atom. The molecule has 0 aliphatic rings.